The van der Waals surface area contributed by atoms with Crippen molar-refractivity contribution in [2.45, 2.75) is 26.2 Å². The summed E-state index contributed by atoms with van der Waals surface area (Å²) in [5.74, 6) is 0.119. The zero-order valence-corrected chi connectivity index (χ0v) is 14.9. The fraction of sp³-hybridized carbons (Fsp3) is 0.286. The SMILES string of the molecule is Cc1ccc(-c2cnnn2-c2ccc(C(=O)N3CCCCC3)cc2)cc1. The highest BCUT2D eigenvalue weighted by Crippen LogP contribution is 2.22. The first kappa shape index (κ1) is 16.5. The van der Waals surface area contributed by atoms with Crippen molar-refractivity contribution in [2.24, 2.45) is 0 Å². The van der Waals surface area contributed by atoms with E-state index in [1.54, 1.807) is 10.9 Å². The van der Waals surface area contributed by atoms with Crippen LogP contribution in [-0.4, -0.2) is 38.9 Å². The summed E-state index contributed by atoms with van der Waals surface area (Å²) in [5.41, 5.74) is 4.84. The highest BCUT2D eigenvalue weighted by Gasteiger charge is 2.18. The van der Waals surface area contributed by atoms with Gasteiger partial charge >= 0.3 is 0 Å². The Bertz CT molecular complexity index is 891. The molecule has 1 aromatic heterocycles. The number of piperidine rings is 1. The van der Waals surface area contributed by atoms with Gasteiger partial charge in [0.2, 0.25) is 0 Å². The van der Waals surface area contributed by atoms with E-state index >= 15 is 0 Å². The Hall–Kier alpha value is -2.95. The summed E-state index contributed by atoms with van der Waals surface area (Å²) in [4.78, 5) is 14.6. The third-order valence-corrected chi connectivity index (χ3v) is 4.90. The van der Waals surface area contributed by atoms with E-state index in [9.17, 15) is 4.79 Å². The van der Waals surface area contributed by atoms with Gasteiger partial charge in [-0.3, -0.25) is 4.79 Å². The molecule has 0 bridgehead atoms. The third-order valence-electron chi connectivity index (χ3n) is 4.90. The molecule has 5 heteroatoms. The number of amides is 1. The summed E-state index contributed by atoms with van der Waals surface area (Å²) in [5, 5.41) is 8.29. The molecule has 5 nitrogen and oxygen atoms in total. The lowest BCUT2D eigenvalue weighted by atomic mass is 10.1. The lowest BCUT2D eigenvalue weighted by Gasteiger charge is -2.26. The summed E-state index contributed by atoms with van der Waals surface area (Å²) >= 11 is 0. The van der Waals surface area contributed by atoms with Crippen molar-refractivity contribution in [3.8, 4) is 16.9 Å². The van der Waals surface area contributed by atoms with Crippen LogP contribution in [0.15, 0.2) is 54.7 Å². The minimum absolute atomic E-state index is 0.119. The third kappa shape index (κ3) is 3.25. The number of carbonyl (C=O) groups excluding carboxylic acids is 1. The normalized spacial score (nSPS) is 14.4. The van der Waals surface area contributed by atoms with Crippen LogP contribution in [0.3, 0.4) is 0 Å². The molecule has 2 aromatic carbocycles. The zero-order chi connectivity index (χ0) is 17.9. The number of aryl methyl sites for hydroxylation is 1. The molecule has 4 rings (SSSR count). The van der Waals surface area contributed by atoms with Crippen LogP contribution < -0.4 is 0 Å². The average molecular weight is 346 g/mol. The topological polar surface area (TPSA) is 51.0 Å². The van der Waals surface area contributed by atoms with Crippen molar-refractivity contribution >= 4 is 5.91 Å². The summed E-state index contributed by atoms with van der Waals surface area (Å²) in [6.07, 6.45) is 5.18. The van der Waals surface area contributed by atoms with Crippen molar-refractivity contribution in [3.63, 3.8) is 0 Å². The molecule has 0 spiro atoms. The van der Waals surface area contributed by atoms with Crippen molar-refractivity contribution in [3.05, 3.63) is 65.9 Å². The predicted octanol–water partition coefficient (Wildman–Crippen LogP) is 3.87. The lowest BCUT2D eigenvalue weighted by Crippen LogP contribution is -2.35. The van der Waals surface area contributed by atoms with Gasteiger partial charge in [0.05, 0.1) is 17.6 Å². The number of hydrogen-bond donors (Lipinski definition) is 0. The van der Waals surface area contributed by atoms with E-state index in [0.717, 1.165) is 48.4 Å². The van der Waals surface area contributed by atoms with Crippen LogP contribution in [0.5, 0.6) is 0 Å². The molecule has 3 aromatic rings. The van der Waals surface area contributed by atoms with Crippen LogP contribution in [0, 0.1) is 6.92 Å². The summed E-state index contributed by atoms with van der Waals surface area (Å²) < 4.78 is 1.81. The first-order valence-electron chi connectivity index (χ1n) is 9.10. The molecule has 0 atom stereocenters. The molecule has 1 aliphatic heterocycles. The Morgan fingerprint density at radius 3 is 2.31 bits per heavy atom. The number of aromatic nitrogens is 3. The van der Waals surface area contributed by atoms with E-state index in [0.29, 0.717) is 0 Å². The Labute approximate surface area is 153 Å². The van der Waals surface area contributed by atoms with Crippen LogP contribution in [0.2, 0.25) is 0 Å². The van der Waals surface area contributed by atoms with Gasteiger partial charge in [-0.2, -0.15) is 0 Å². The van der Waals surface area contributed by atoms with Crippen LogP contribution in [0.4, 0.5) is 0 Å². The molecule has 1 saturated heterocycles. The number of benzene rings is 2. The van der Waals surface area contributed by atoms with E-state index < -0.39 is 0 Å². The van der Waals surface area contributed by atoms with Gasteiger partial charge in [0.1, 0.15) is 0 Å². The van der Waals surface area contributed by atoms with Crippen LogP contribution in [0.25, 0.3) is 16.9 Å². The minimum Gasteiger partial charge on any atom is -0.339 e. The monoisotopic (exact) mass is 346 g/mol. The highest BCUT2D eigenvalue weighted by atomic mass is 16.2. The Morgan fingerprint density at radius 2 is 1.62 bits per heavy atom. The first-order valence-corrected chi connectivity index (χ1v) is 9.10. The number of carbonyl (C=O) groups is 1. The van der Waals surface area contributed by atoms with Gasteiger partial charge in [-0.15, -0.1) is 5.10 Å². The molecule has 0 radical (unpaired) electrons. The van der Waals surface area contributed by atoms with Gasteiger partial charge in [-0.05, 0) is 50.5 Å². The Kier molecular flexibility index (Phi) is 4.52. The van der Waals surface area contributed by atoms with Gasteiger partial charge < -0.3 is 4.90 Å². The zero-order valence-electron chi connectivity index (χ0n) is 14.9. The summed E-state index contributed by atoms with van der Waals surface area (Å²) in [6.45, 7) is 3.79. The number of nitrogens with zero attached hydrogens (tertiary/aromatic N) is 4. The molecule has 0 aliphatic carbocycles. The maximum atomic E-state index is 12.6. The van der Waals surface area contributed by atoms with E-state index in [1.807, 2.05) is 29.2 Å². The smallest absolute Gasteiger partial charge is 0.253 e. The van der Waals surface area contributed by atoms with Crippen molar-refractivity contribution in [2.75, 3.05) is 13.1 Å². The van der Waals surface area contributed by atoms with Crippen molar-refractivity contribution in [1.29, 1.82) is 0 Å². The quantitative estimate of drug-likeness (QED) is 0.723. The first-order chi connectivity index (χ1) is 12.7. The summed E-state index contributed by atoms with van der Waals surface area (Å²) in [7, 11) is 0. The highest BCUT2D eigenvalue weighted by molar-refractivity contribution is 5.94. The average Bonchev–Trinajstić information content (AvgIpc) is 3.19. The lowest BCUT2D eigenvalue weighted by molar-refractivity contribution is 0.0724. The second-order valence-electron chi connectivity index (χ2n) is 6.80. The van der Waals surface area contributed by atoms with E-state index in [2.05, 4.69) is 41.5 Å². The molecular weight excluding hydrogens is 324 g/mol. The van der Waals surface area contributed by atoms with E-state index in [1.165, 1.54) is 12.0 Å². The molecule has 0 N–H and O–H groups in total. The van der Waals surface area contributed by atoms with Crippen molar-refractivity contribution < 1.29 is 4.79 Å². The van der Waals surface area contributed by atoms with Gasteiger partial charge in [-0.1, -0.05) is 35.0 Å². The fourth-order valence-corrected chi connectivity index (χ4v) is 3.37. The standard InChI is InChI=1S/C21H22N4O/c1-16-5-7-17(8-6-16)20-15-22-23-25(20)19-11-9-18(10-12-19)21(26)24-13-3-2-4-14-24/h5-12,15H,2-4,13-14H2,1H3. The minimum atomic E-state index is 0.119. The molecular formula is C21H22N4O. The molecule has 26 heavy (non-hydrogen) atoms. The van der Waals surface area contributed by atoms with E-state index in [-0.39, 0.29) is 5.91 Å². The Balaban J connectivity index is 1.59. The fourth-order valence-electron chi connectivity index (χ4n) is 3.37. The molecule has 1 fully saturated rings. The number of rotatable bonds is 3. The molecule has 2 heterocycles. The van der Waals surface area contributed by atoms with Gasteiger partial charge in [-0.25, -0.2) is 4.68 Å². The summed E-state index contributed by atoms with van der Waals surface area (Å²) in [6, 6.07) is 15.9. The van der Waals surface area contributed by atoms with Crippen LogP contribution in [-0.2, 0) is 0 Å². The maximum absolute atomic E-state index is 12.6. The van der Waals surface area contributed by atoms with Crippen LogP contribution in [0.1, 0.15) is 35.2 Å². The molecule has 0 unspecified atom stereocenters. The predicted molar refractivity (Wildman–Crippen MR) is 101 cm³/mol. The van der Waals surface area contributed by atoms with Gasteiger partial charge in [0.25, 0.3) is 5.91 Å². The van der Waals surface area contributed by atoms with Crippen molar-refractivity contribution in [1.82, 2.24) is 19.9 Å². The largest absolute Gasteiger partial charge is 0.339 e. The Morgan fingerprint density at radius 1 is 0.923 bits per heavy atom. The molecule has 1 amide bonds. The molecule has 132 valence electrons. The second-order valence-corrected chi connectivity index (χ2v) is 6.80. The van der Waals surface area contributed by atoms with Gasteiger partial charge in [0.15, 0.2) is 0 Å². The molecule has 0 saturated carbocycles. The number of hydrogen-bond acceptors (Lipinski definition) is 3. The second kappa shape index (κ2) is 7.12. The van der Waals surface area contributed by atoms with Crippen LogP contribution >= 0.6 is 0 Å². The van der Waals surface area contributed by atoms with Gasteiger partial charge in [0, 0.05) is 24.2 Å². The van der Waals surface area contributed by atoms with E-state index in [4.69, 9.17) is 0 Å². The number of likely N-dealkylation sites (tertiary alicyclic amines) is 1. The maximum Gasteiger partial charge on any atom is 0.253 e. The molecule has 1 aliphatic rings.